The third-order valence-electron chi connectivity index (χ3n) is 1.74. The first-order chi connectivity index (χ1) is 8.47. The topological polar surface area (TPSA) is 88.5 Å². The van der Waals surface area contributed by atoms with E-state index in [9.17, 15) is 9.59 Å². The molecule has 0 unspecified atom stereocenters. The van der Waals surface area contributed by atoms with Gasteiger partial charge in [-0.2, -0.15) is 0 Å². The standard InChI is InChI=1S/C12H14N2O4/c1-8(2)18-12(17)14-10-5-3-4-9(13-10)6-7-11(15)16/h3-8H,1-2H3,(H,15,16)(H,13,14,17). The van der Waals surface area contributed by atoms with Crippen LogP contribution in [0, 0.1) is 0 Å². The molecule has 2 N–H and O–H groups in total. The molecule has 0 spiro atoms. The second kappa shape index (κ2) is 6.39. The number of nitrogens with one attached hydrogen (secondary N) is 1. The van der Waals surface area contributed by atoms with Gasteiger partial charge in [-0.15, -0.1) is 0 Å². The third-order valence-corrected chi connectivity index (χ3v) is 1.74. The molecule has 0 atom stereocenters. The lowest BCUT2D eigenvalue weighted by Gasteiger charge is -2.08. The van der Waals surface area contributed by atoms with Crippen LogP contribution in [0.2, 0.25) is 0 Å². The number of hydrogen-bond acceptors (Lipinski definition) is 4. The molecule has 6 heteroatoms. The van der Waals surface area contributed by atoms with Crippen molar-refractivity contribution < 1.29 is 19.4 Å². The average molecular weight is 250 g/mol. The lowest BCUT2D eigenvalue weighted by Crippen LogP contribution is -2.18. The van der Waals surface area contributed by atoms with E-state index in [1.807, 2.05) is 0 Å². The predicted octanol–water partition coefficient (Wildman–Crippen LogP) is 2.14. The maximum atomic E-state index is 11.3. The molecule has 0 aliphatic rings. The molecule has 1 heterocycles. The summed E-state index contributed by atoms with van der Waals surface area (Å²) < 4.78 is 4.89. The van der Waals surface area contributed by atoms with Gasteiger partial charge in [0.25, 0.3) is 0 Å². The molecule has 0 radical (unpaired) electrons. The summed E-state index contributed by atoms with van der Waals surface area (Å²) in [5.74, 6) is -0.762. The highest BCUT2D eigenvalue weighted by Gasteiger charge is 2.06. The highest BCUT2D eigenvalue weighted by atomic mass is 16.6. The minimum atomic E-state index is -1.06. The van der Waals surface area contributed by atoms with E-state index >= 15 is 0 Å². The van der Waals surface area contributed by atoms with Gasteiger partial charge in [-0.1, -0.05) is 6.07 Å². The van der Waals surface area contributed by atoms with E-state index < -0.39 is 12.1 Å². The largest absolute Gasteiger partial charge is 0.478 e. The Morgan fingerprint density at radius 2 is 2.17 bits per heavy atom. The fraction of sp³-hybridized carbons (Fsp3) is 0.250. The van der Waals surface area contributed by atoms with Crippen molar-refractivity contribution in [2.45, 2.75) is 20.0 Å². The molecule has 96 valence electrons. The van der Waals surface area contributed by atoms with Crippen LogP contribution >= 0.6 is 0 Å². The van der Waals surface area contributed by atoms with Gasteiger partial charge in [0, 0.05) is 6.08 Å². The Balaban J connectivity index is 2.70. The third kappa shape index (κ3) is 5.11. The van der Waals surface area contributed by atoms with Crippen molar-refractivity contribution in [2.24, 2.45) is 0 Å². The Labute approximate surface area is 104 Å². The number of carboxylic acid groups (broad SMARTS) is 1. The molecule has 0 aromatic carbocycles. The number of pyridine rings is 1. The van der Waals surface area contributed by atoms with Crippen molar-refractivity contribution >= 4 is 24.0 Å². The Morgan fingerprint density at radius 3 is 2.78 bits per heavy atom. The second-order valence-corrected chi connectivity index (χ2v) is 3.70. The number of aliphatic carboxylic acids is 1. The monoisotopic (exact) mass is 250 g/mol. The summed E-state index contributed by atoms with van der Waals surface area (Å²) in [6.07, 6.45) is 1.48. The van der Waals surface area contributed by atoms with Crippen LogP contribution in [-0.4, -0.2) is 28.3 Å². The van der Waals surface area contributed by atoms with Crippen molar-refractivity contribution in [2.75, 3.05) is 5.32 Å². The summed E-state index contributed by atoms with van der Waals surface area (Å²) in [6.45, 7) is 3.47. The molecule has 0 saturated heterocycles. The van der Waals surface area contributed by atoms with Gasteiger partial charge >= 0.3 is 12.1 Å². The van der Waals surface area contributed by atoms with E-state index in [2.05, 4.69) is 10.3 Å². The number of anilines is 1. The van der Waals surface area contributed by atoms with Gasteiger partial charge in [0.05, 0.1) is 11.8 Å². The first-order valence-corrected chi connectivity index (χ1v) is 5.33. The molecule has 18 heavy (non-hydrogen) atoms. The van der Waals surface area contributed by atoms with Crippen LogP contribution in [0.4, 0.5) is 10.6 Å². The van der Waals surface area contributed by atoms with Crippen molar-refractivity contribution in [1.82, 2.24) is 4.98 Å². The van der Waals surface area contributed by atoms with E-state index in [-0.39, 0.29) is 6.10 Å². The van der Waals surface area contributed by atoms with Crippen molar-refractivity contribution in [1.29, 1.82) is 0 Å². The summed E-state index contributed by atoms with van der Waals surface area (Å²) in [5.41, 5.74) is 0.430. The van der Waals surface area contributed by atoms with Crippen LogP contribution in [0.25, 0.3) is 6.08 Å². The maximum Gasteiger partial charge on any atom is 0.413 e. The lowest BCUT2D eigenvalue weighted by molar-refractivity contribution is -0.131. The van der Waals surface area contributed by atoms with E-state index in [1.54, 1.807) is 32.0 Å². The molecule has 0 bridgehead atoms. The molecule has 1 rings (SSSR count). The quantitative estimate of drug-likeness (QED) is 0.799. The average Bonchev–Trinajstić information content (AvgIpc) is 2.25. The Morgan fingerprint density at radius 1 is 1.44 bits per heavy atom. The molecule has 1 aromatic heterocycles. The highest BCUT2D eigenvalue weighted by molar-refractivity contribution is 5.85. The van der Waals surface area contributed by atoms with Gasteiger partial charge in [0.15, 0.2) is 0 Å². The lowest BCUT2D eigenvalue weighted by atomic mass is 10.3. The molecule has 0 aliphatic carbocycles. The van der Waals surface area contributed by atoms with Crippen LogP contribution in [0.5, 0.6) is 0 Å². The van der Waals surface area contributed by atoms with E-state index in [0.29, 0.717) is 11.5 Å². The Kier molecular flexibility index (Phi) is 4.86. The zero-order valence-electron chi connectivity index (χ0n) is 10.1. The summed E-state index contributed by atoms with van der Waals surface area (Å²) >= 11 is 0. The molecule has 0 aliphatic heterocycles. The van der Waals surface area contributed by atoms with Crippen LogP contribution in [0.1, 0.15) is 19.5 Å². The summed E-state index contributed by atoms with van der Waals surface area (Å²) in [5, 5.41) is 10.9. The summed E-state index contributed by atoms with van der Waals surface area (Å²) in [4.78, 5) is 25.7. The van der Waals surface area contributed by atoms with Crippen LogP contribution in [0.3, 0.4) is 0 Å². The smallest absolute Gasteiger partial charge is 0.413 e. The zero-order chi connectivity index (χ0) is 13.5. The fourth-order valence-corrected chi connectivity index (χ4v) is 1.12. The van der Waals surface area contributed by atoms with Crippen LogP contribution < -0.4 is 5.32 Å². The van der Waals surface area contributed by atoms with E-state index in [1.165, 1.54) is 6.08 Å². The second-order valence-electron chi connectivity index (χ2n) is 3.70. The van der Waals surface area contributed by atoms with Gasteiger partial charge in [0.1, 0.15) is 5.82 Å². The molecular weight excluding hydrogens is 236 g/mol. The highest BCUT2D eigenvalue weighted by Crippen LogP contribution is 2.07. The first kappa shape index (κ1) is 13.7. The molecule has 0 saturated carbocycles. The first-order valence-electron chi connectivity index (χ1n) is 5.33. The van der Waals surface area contributed by atoms with Crippen molar-refractivity contribution in [3.05, 3.63) is 30.0 Å². The molecular formula is C12H14N2O4. The molecule has 1 aromatic rings. The maximum absolute atomic E-state index is 11.3. The Hall–Kier alpha value is -2.37. The minimum absolute atomic E-state index is 0.222. The van der Waals surface area contributed by atoms with Crippen LogP contribution in [0.15, 0.2) is 24.3 Å². The number of amides is 1. The number of hydrogen-bond donors (Lipinski definition) is 2. The van der Waals surface area contributed by atoms with E-state index in [4.69, 9.17) is 9.84 Å². The molecule has 6 nitrogen and oxygen atoms in total. The number of rotatable bonds is 4. The number of carboxylic acids is 1. The van der Waals surface area contributed by atoms with Gasteiger partial charge in [-0.3, -0.25) is 5.32 Å². The van der Waals surface area contributed by atoms with Crippen molar-refractivity contribution in [3.63, 3.8) is 0 Å². The van der Waals surface area contributed by atoms with Gasteiger partial charge in [-0.25, -0.2) is 14.6 Å². The minimum Gasteiger partial charge on any atom is -0.478 e. The summed E-state index contributed by atoms with van der Waals surface area (Å²) in [6, 6.07) is 4.86. The number of ether oxygens (including phenoxy) is 1. The van der Waals surface area contributed by atoms with Crippen molar-refractivity contribution in [3.8, 4) is 0 Å². The SMILES string of the molecule is CC(C)OC(=O)Nc1cccc(C=CC(=O)O)n1. The number of nitrogens with zero attached hydrogens (tertiary/aromatic N) is 1. The van der Waals surface area contributed by atoms with Crippen LogP contribution in [-0.2, 0) is 9.53 Å². The molecule has 0 fully saturated rings. The fourth-order valence-electron chi connectivity index (χ4n) is 1.12. The van der Waals surface area contributed by atoms with Gasteiger partial charge < -0.3 is 9.84 Å². The van der Waals surface area contributed by atoms with E-state index in [0.717, 1.165) is 6.08 Å². The Bertz CT molecular complexity index is 469. The molecule has 1 amide bonds. The number of carbonyl (C=O) groups excluding carboxylic acids is 1. The van der Waals surface area contributed by atoms with Gasteiger partial charge in [0.2, 0.25) is 0 Å². The number of aromatic nitrogens is 1. The number of carbonyl (C=O) groups is 2. The predicted molar refractivity (Wildman–Crippen MR) is 66.1 cm³/mol. The normalized spacial score (nSPS) is 10.6. The summed E-state index contributed by atoms with van der Waals surface area (Å²) in [7, 11) is 0. The zero-order valence-corrected chi connectivity index (χ0v) is 10.1. The van der Waals surface area contributed by atoms with Gasteiger partial charge in [-0.05, 0) is 32.1 Å².